The minimum Gasteiger partial charge on any atom is -0.462 e. The summed E-state index contributed by atoms with van der Waals surface area (Å²) in [5.74, 6) is -2.11. The van der Waals surface area contributed by atoms with Gasteiger partial charge in [0, 0.05) is 25.7 Å². The summed E-state index contributed by atoms with van der Waals surface area (Å²) in [4.78, 5) is 72.8. The van der Waals surface area contributed by atoms with Gasteiger partial charge in [-0.05, 0) is 25.7 Å². The van der Waals surface area contributed by atoms with Crippen LogP contribution in [-0.2, 0) is 65.4 Å². The third kappa shape index (κ3) is 70.5. The average Bonchev–Trinajstić information content (AvgIpc) is 2.07. The Balaban J connectivity index is 5.19. The van der Waals surface area contributed by atoms with Gasteiger partial charge in [0.15, 0.2) is 12.2 Å². The molecule has 3 N–H and O–H groups in total. The Bertz CT molecular complexity index is 1830. The van der Waals surface area contributed by atoms with Crippen LogP contribution < -0.4 is 0 Å². The molecule has 0 aliphatic carbocycles. The van der Waals surface area contributed by atoms with E-state index >= 15 is 0 Å². The van der Waals surface area contributed by atoms with E-state index in [1.807, 2.05) is 0 Å². The molecule has 17 nitrogen and oxygen atoms in total. The van der Waals surface area contributed by atoms with Crippen molar-refractivity contribution in [3.63, 3.8) is 0 Å². The van der Waals surface area contributed by atoms with E-state index in [9.17, 15) is 43.2 Å². The van der Waals surface area contributed by atoms with E-state index in [1.54, 1.807) is 0 Å². The van der Waals surface area contributed by atoms with Crippen molar-refractivity contribution in [2.75, 3.05) is 39.6 Å². The number of aliphatic hydroxyl groups is 1. The highest BCUT2D eigenvalue weighted by Gasteiger charge is 2.30. The van der Waals surface area contributed by atoms with Gasteiger partial charge in [0.2, 0.25) is 0 Å². The van der Waals surface area contributed by atoms with Crippen molar-refractivity contribution >= 4 is 39.5 Å². The quantitative estimate of drug-likeness (QED) is 0.0222. The van der Waals surface area contributed by atoms with Crippen molar-refractivity contribution in [1.82, 2.24) is 0 Å². The average molecular weight is 1410 g/mol. The molecule has 0 rings (SSSR count). The van der Waals surface area contributed by atoms with Crippen LogP contribution in [0.25, 0.3) is 0 Å². The highest BCUT2D eigenvalue weighted by atomic mass is 31.2. The van der Waals surface area contributed by atoms with Crippen molar-refractivity contribution in [3.05, 3.63) is 0 Å². The lowest BCUT2D eigenvalue weighted by Gasteiger charge is -2.21. The summed E-state index contributed by atoms with van der Waals surface area (Å²) in [5.41, 5.74) is 0. The molecule has 0 aliphatic heterocycles. The first-order valence-electron chi connectivity index (χ1n) is 40.3. The maximum Gasteiger partial charge on any atom is 0.472 e. The third-order valence-electron chi connectivity index (χ3n) is 18.1. The zero-order valence-electron chi connectivity index (χ0n) is 62.4. The lowest BCUT2D eigenvalue weighted by molar-refractivity contribution is -0.161. The van der Waals surface area contributed by atoms with Gasteiger partial charge in [0.25, 0.3) is 0 Å². The minimum atomic E-state index is -4.96. The first-order chi connectivity index (χ1) is 46.7. The molecule has 0 spiro atoms. The highest BCUT2D eigenvalue weighted by molar-refractivity contribution is 7.47. The smallest absolute Gasteiger partial charge is 0.462 e. The van der Waals surface area contributed by atoms with Crippen LogP contribution in [0.4, 0.5) is 0 Å². The zero-order chi connectivity index (χ0) is 70.4. The topological polar surface area (TPSA) is 237 Å². The highest BCUT2D eigenvalue weighted by Crippen LogP contribution is 2.45. The first-order valence-corrected chi connectivity index (χ1v) is 43.3. The van der Waals surface area contributed by atoms with Gasteiger partial charge in [-0.2, -0.15) is 0 Å². The van der Waals surface area contributed by atoms with Crippen LogP contribution in [0, 0.1) is 0 Å². The number of rotatable bonds is 78. The number of carbonyl (C=O) groups excluding carboxylic acids is 4. The van der Waals surface area contributed by atoms with Crippen LogP contribution in [0.2, 0.25) is 0 Å². The maximum atomic E-state index is 13.1. The van der Waals surface area contributed by atoms with Crippen molar-refractivity contribution < 1.29 is 80.2 Å². The normalized spacial score (nSPS) is 13.9. The molecule has 5 atom stereocenters. The second-order valence-electron chi connectivity index (χ2n) is 27.7. The van der Waals surface area contributed by atoms with Crippen molar-refractivity contribution in [1.29, 1.82) is 0 Å². The molecule has 0 radical (unpaired) electrons. The fourth-order valence-corrected chi connectivity index (χ4v) is 13.5. The number of esters is 4. The van der Waals surface area contributed by atoms with Gasteiger partial charge in [-0.15, -0.1) is 0 Å². The number of unbranched alkanes of at least 4 members (excludes halogenated alkanes) is 52. The fourth-order valence-electron chi connectivity index (χ4n) is 11.9. The standard InChI is InChI=1S/C77H150O17P2/c1-5-9-13-17-21-25-28-30-32-34-35-36-37-39-41-44-48-52-56-60-64-77(82)94-73(68-88-75(80)62-58-54-50-46-43-40-38-33-31-29-26-22-18-14-10-6-2)70-92-96(85,86)90-66-71(78)65-89-95(83,84)91-69-72(67-87-74(79)61-57-53-49-45-24-20-16-12-8-4)93-76(81)63-59-55-51-47-42-27-23-19-15-11-7-3/h71-73,78H,5-70H2,1-4H3,(H,83,84)(H,85,86)/t71-,72+,73+/m0/s1. The molecule has 0 aromatic rings. The van der Waals surface area contributed by atoms with E-state index in [-0.39, 0.29) is 25.7 Å². The molecule has 0 amide bonds. The number of hydrogen-bond acceptors (Lipinski definition) is 15. The Hall–Kier alpha value is -1.94. The Morgan fingerprint density at radius 1 is 0.250 bits per heavy atom. The van der Waals surface area contributed by atoms with Gasteiger partial charge >= 0.3 is 39.5 Å². The van der Waals surface area contributed by atoms with Gasteiger partial charge in [0.1, 0.15) is 19.3 Å². The van der Waals surface area contributed by atoms with E-state index in [0.29, 0.717) is 25.7 Å². The molecule has 0 aromatic heterocycles. The summed E-state index contributed by atoms with van der Waals surface area (Å²) in [5, 5.41) is 10.6. The molecule has 0 saturated carbocycles. The largest absolute Gasteiger partial charge is 0.472 e. The summed E-state index contributed by atoms with van der Waals surface area (Å²) < 4.78 is 68.5. The molecule has 96 heavy (non-hydrogen) atoms. The Labute approximate surface area is 588 Å². The summed E-state index contributed by atoms with van der Waals surface area (Å²) in [6.07, 6.45) is 62.4. The summed E-state index contributed by atoms with van der Waals surface area (Å²) in [6, 6.07) is 0. The van der Waals surface area contributed by atoms with Gasteiger partial charge in [0.05, 0.1) is 26.4 Å². The van der Waals surface area contributed by atoms with Crippen LogP contribution in [0.5, 0.6) is 0 Å². The van der Waals surface area contributed by atoms with E-state index in [2.05, 4.69) is 27.7 Å². The van der Waals surface area contributed by atoms with Crippen LogP contribution in [0.1, 0.15) is 413 Å². The van der Waals surface area contributed by atoms with Crippen LogP contribution in [0.15, 0.2) is 0 Å². The Kier molecular flexibility index (Phi) is 70.0. The Morgan fingerprint density at radius 2 is 0.417 bits per heavy atom. The van der Waals surface area contributed by atoms with Crippen LogP contribution in [0.3, 0.4) is 0 Å². The monoisotopic (exact) mass is 1410 g/mol. The van der Waals surface area contributed by atoms with Crippen molar-refractivity contribution in [3.8, 4) is 0 Å². The second kappa shape index (κ2) is 71.5. The number of phosphoric ester groups is 2. The van der Waals surface area contributed by atoms with Gasteiger partial charge < -0.3 is 33.8 Å². The second-order valence-corrected chi connectivity index (χ2v) is 30.7. The number of hydrogen-bond donors (Lipinski definition) is 3. The van der Waals surface area contributed by atoms with E-state index < -0.39 is 97.5 Å². The molecule has 2 unspecified atom stereocenters. The molecular formula is C77H150O17P2. The van der Waals surface area contributed by atoms with Gasteiger partial charge in [-0.25, -0.2) is 9.13 Å². The number of aliphatic hydroxyl groups excluding tert-OH is 1. The van der Waals surface area contributed by atoms with Crippen LogP contribution >= 0.6 is 15.6 Å². The molecule has 0 bridgehead atoms. The minimum absolute atomic E-state index is 0.108. The molecule has 0 aromatic carbocycles. The van der Waals surface area contributed by atoms with E-state index in [4.69, 9.17) is 37.0 Å². The number of carbonyl (C=O) groups is 4. The van der Waals surface area contributed by atoms with Gasteiger partial charge in [-0.1, -0.05) is 362 Å². The molecule has 0 heterocycles. The van der Waals surface area contributed by atoms with Crippen molar-refractivity contribution in [2.45, 2.75) is 431 Å². The molecule has 570 valence electrons. The van der Waals surface area contributed by atoms with Crippen molar-refractivity contribution in [2.24, 2.45) is 0 Å². The summed E-state index contributed by atoms with van der Waals surface area (Å²) in [6.45, 7) is 4.98. The Morgan fingerprint density at radius 3 is 0.615 bits per heavy atom. The number of ether oxygens (including phenoxy) is 4. The third-order valence-corrected chi connectivity index (χ3v) is 20.0. The summed E-state index contributed by atoms with van der Waals surface area (Å²) in [7, 11) is -9.91. The number of phosphoric acid groups is 2. The first kappa shape index (κ1) is 94.1. The van der Waals surface area contributed by atoms with E-state index in [0.717, 1.165) is 89.9 Å². The lowest BCUT2D eigenvalue weighted by atomic mass is 10.0. The molecule has 0 aliphatic rings. The SMILES string of the molecule is CCCCCCCCCCCCCCCCCCCCCCC(=O)O[C@H](COC(=O)CCCCCCCCCCCCCCCCCC)COP(=O)(O)OC[C@@H](O)COP(=O)(O)OC[C@@H](COC(=O)CCCCCCCCCCC)OC(=O)CCCCCCCCCCCCC. The molecule has 0 fully saturated rings. The zero-order valence-corrected chi connectivity index (χ0v) is 64.1. The fraction of sp³-hybridized carbons (Fsp3) is 0.948. The van der Waals surface area contributed by atoms with E-state index in [1.165, 1.54) is 244 Å². The molecule has 0 saturated heterocycles. The molecule has 19 heteroatoms. The lowest BCUT2D eigenvalue weighted by Crippen LogP contribution is -2.30. The van der Waals surface area contributed by atoms with Gasteiger partial charge in [-0.3, -0.25) is 37.3 Å². The predicted octanol–water partition coefficient (Wildman–Crippen LogP) is 23.0. The predicted molar refractivity (Wildman–Crippen MR) is 391 cm³/mol. The maximum absolute atomic E-state index is 13.1. The van der Waals surface area contributed by atoms with Crippen LogP contribution in [-0.4, -0.2) is 96.7 Å². The molecular weight excluding hydrogens is 1260 g/mol. The summed E-state index contributed by atoms with van der Waals surface area (Å²) >= 11 is 0.